The molecule has 0 N–H and O–H groups in total. The van der Waals surface area contributed by atoms with E-state index in [-0.39, 0.29) is 24.8 Å². The van der Waals surface area contributed by atoms with E-state index < -0.39 is 10.0 Å². The van der Waals surface area contributed by atoms with E-state index in [0.717, 1.165) is 29.5 Å². The first-order chi connectivity index (χ1) is 14.4. The maximum atomic E-state index is 13.9. The highest BCUT2D eigenvalue weighted by molar-refractivity contribution is 7.89. The minimum Gasteiger partial charge on any atom is -0.335 e. The Morgan fingerprint density at radius 2 is 1.73 bits per heavy atom. The monoisotopic (exact) mass is 444 g/mol. The fraction of sp³-hybridized carbons (Fsp3) is 0.318. The van der Waals surface area contributed by atoms with Gasteiger partial charge >= 0.3 is 0 Å². The van der Waals surface area contributed by atoms with E-state index in [4.69, 9.17) is 0 Å². The third kappa shape index (κ3) is 3.33. The van der Waals surface area contributed by atoms with Gasteiger partial charge in [0, 0.05) is 36.3 Å². The van der Waals surface area contributed by atoms with Crippen LogP contribution in [0.1, 0.15) is 27.2 Å². The van der Waals surface area contributed by atoms with Crippen molar-refractivity contribution in [1.82, 2.24) is 9.21 Å². The standard InChI is InChI=1S/C22H21FN2O3S2/c23-19-5-2-6-20-18(19)14-21(29-20)22(26)24-9-11-25(12-10-24)30(27,28)17-8-7-15-3-1-4-16(15)13-17/h2,5-8,13-14H,1,3-4,9-12H2. The number of fused-ring (bicyclic) bond motifs is 2. The Morgan fingerprint density at radius 1 is 0.967 bits per heavy atom. The Hall–Kier alpha value is -2.29. The van der Waals surface area contributed by atoms with E-state index in [2.05, 4.69) is 0 Å². The molecule has 3 aromatic rings. The molecule has 0 saturated carbocycles. The molecular weight excluding hydrogens is 423 g/mol. The second-order valence-corrected chi connectivity index (χ2v) is 10.8. The van der Waals surface area contributed by atoms with Crippen LogP contribution in [0.5, 0.6) is 0 Å². The molecule has 0 radical (unpaired) electrons. The topological polar surface area (TPSA) is 57.7 Å². The van der Waals surface area contributed by atoms with Crippen molar-refractivity contribution in [3.05, 3.63) is 64.3 Å². The molecule has 2 heterocycles. The van der Waals surface area contributed by atoms with Crippen molar-refractivity contribution in [3.63, 3.8) is 0 Å². The number of halogens is 1. The number of piperazine rings is 1. The first-order valence-electron chi connectivity index (χ1n) is 10.0. The van der Waals surface area contributed by atoms with Crippen molar-refractivity contribution in [1.29, 1.82) is 0 Å². The highest BCUT2D eigenvalue weighted by atomic mass is 32.2. The normalized spacial score (nSPS) is 17.4. The maximum absolute atomic E-state index is 13.9. The van der Waals surface area contributed by atoms with Crippen LogP contribution in [-0.2, 0) is 22.9 Å². The third-order valence-corrected chi connectivity index (χ3v) is 8.94. The highest BCUT2D eigenvalue weighted by Gasteiger charge is 2.31. The Bertz CT molecular complexity index is 1240. The molecule has 156 valence electrons. The average molecular weight is 445 g/mol. The second-order valence-electron chi connectivity index (χ2n) is 7.74. The van der Waals surface area contributed by atoms with Crippen LogP contribution in [0.15, 0.2) is 47.4 Å². The first-order valence-corrected chi connectivity index (χ1v) is 12.3. The molecule has 2 aliphatic rings. The van der Waals surface area contributed by atoms with Gasteiger partial charge in [0.15, 0.2) is 0 Å². The fourth-order valence-corrected chi connectivity index (χ4v) is 6.79. The summed E-state index contributed by atoms with van der Waals surface area (Å²) in [6.45, 7) is 1.15. The van der Waals surface area contributed by atoms with Gasteiger partial charge in [0.2, 0.25) is 10.0 Å². The highest BCUT2D eigenvalue weighted by Crippen LogP contribution is 2.30. The maximum Gasteiger partial charge on any atom is 0.264 e. The predicted molar refractivity (Wildman–Crippen MR) is 115 cm³/mol. The van der Waals surface area contributed by atoms with Gasteiger partial charge in [-0.3, -0.25) is 4.79 Å². The van der Waals surface area contributed by atoms with Gasteiger partial charge in [-0.1, -0.05) is 12.1 Å². The lowest BCUT2D eigenvalue weighted by Crippen LogP contribution is -2.50. The molecule has 30 heavy (non-hydrogen) atoms. The summed E-state index contributed by atoms with van der Waals surface area (Å²) in [6.07, 6.45) is 3.01. The number of hydrogen-bond acceptors (Lipinski definition) is 4. The number of benzene rings is 2. The minimum absolute atomic E-state index is 0.176. The molecule has 0 spiro atoms. The molecule has 2 aromatic carbocycles. The van der Waals surface area contributed by atoms with E-state index in [1.165, 1.54) is 27.3 Å². The lowest BCUT2D eigenvalue weighted by Gasteiger charge is -2.33. The number of sulfonamides is 1. The molecule has 1 fully saturated rings. The van der Waals surface area contributed by atoms with Gasteiger partial charge in [0.1, 0.15) is 5.82 Å². The van der Waals surface area contributed by atoms with Crippen LogP contribution in [-0.4, -0.2) is 49.7 Å². The van der Waals surface area contributed by atoms with Gasteiger partial charge in [0.05, 0.1) is 9.77 Å². The zero-order chi connectivity index (χ0) is 20.9. The zero-order valence-corrected chi connectivity index (χ0v) is 17.9. The second kappa shape index (κ2) is 7.44. The van der Waals surface area contributed by atoms with Crippen LogP contribution < -0.4 is 0 Å². The summed E-state index contributed by atoms with van der Waals surface area (Å²) in [5, 5.41) is 0.448. The number of nitrogens with zero attached hydrogens (tertiary/aromatic N) is 2. The fourth-order valence-electron chi connectivity index (χ4n) is 4.28. The van der Waals surface area contributed by atoms with E-state index in [1.54, 1.807) is 35.2 Å². The number of rotatable bonds is 3. The van der Waals surface area contributed by atoms with Crippen molar-refractivity contribution in [3.8, 4) is 0 Å². The lowest BCUT2D eigenvalue weighted by atomic mass is 10.1. The Kier molecular flexibility index (Phi) is 4.88. The zero-order valence-electron chi connectivity index (χ0n) is 16.3. The molecular formula is C22H21FN2O3S2. The van der Waals surface area contributed by atoms with E-state index >= 15 is 0 Å². The van der Waals surface area contributed by atoms with Crippen LogP contribution >= 0.6 is 11.3 Å². The minimum atomic E-state index is -3.58. The number of carbonyl (C=O) groups excluding carboxylic acids is 1. The van der Waals surface area contributed by atoms with Crippen LogP contribution in [0, 0.1) is 5.82 Å². The van der Waals surface area contributed by atoms with Crippen molar-refractivity contribution in [2.75, 3.05) is 26.2 Å². The SMILES string of the molecule is O=C(c1cc2c(F)cccc2s1)N1CCN(S(=O)(=O)c2ccc3c(c2)CCC3)CC1. The van der Waals surface area contributed by atoms with Crippen LogP contribution in [0.2, 0.25) is 0 Å². The molecule has 5 nitrogen and oxygen atoms in total. The molecule has 0 bridgehead atoms. The summed E-state index contributed by atoms with van der Waals surface area (Å²) in [6, 6.07) is 11.8. The smallest absolute Gasteiger partial charge is 0.264 e. The van der Waals surface area contributed by atoms with Crippen molar-refractivity contribution in [2.24, 2.45) is 0 Å². The number of amides is 1. The van der Waals surface area contributed by atoms with Crippen molar-refractivity contribution in [2.45, 2.75) is 24.2 Å². The van der Waals surface area contributed by atoms with Gasteiger partial charge in [0.25, 0.3) is 5.91 Å². The van der Waals surface area contributed by atoms with Gasteiger partial charge in [-0.15, -0.1) is 11.3 Å². The van der Waals surface area contributed by atoms with Crippen LogP contribution in [0.25, 0.3) is 10.1 Å². The third-order valence-electron chi connectivity index (χ3n) is 5.95. The van der Waals surface area contributed by atoms with Gasteiger partial charge in [-0.2, -0.15) is 4.31 Å². The first kappa shape index (κ1) is 19.7. The molecule has 8 heteroatoms. The molecule has 1 aliphatic carbocycles. The summed E-state index contributed by atoms with van der Waals surface area (Å²) in [4.78, 5) is 15.3. The average Bonchev–Trinajstić information content (AvgIpc) is 3.40. The Labute approximate surface area is 178 Å². The summed E-state index contributed by atoms with van der Waals surface area (Å²) in [5.41, 5.74) is 2.37. The van der Waals surface area contributed by atoms with Crippen molar-refractivity contribution >= 4 is 37.4 Å². The van der Waals surface area contributed by atoms with Gasteiger partial charge in [-0.05, 0) is 60.7 Å². The molecule has 0 atom stereocenters. The summed E-state index contributed by atoms with van der Waals surface area (Å²) >= 11 is 1.26. The summed E-state index contributed by atoms with van der Waals surface area (Å²) in [7, 11) is -3.58. The molecule has 1 aromatic heterocycles. The molecule has 1 amide bonds. The molecule has 0 unspecified atom stereocenters. The Morgan fingerprint density at radius 3 is 2.50 bits per heavy atom. The van der Waals surface area contributed by atoms with Gasteiger partial charge < -0.3 is 4.90 Å². The van der Waals surface area contributed by atoms with Gasteiger partial charge in [-0.25, -0.2) is 12.8 Å². The van der Waals surface area contributed by atoms with E-state index in [0.29, 0.717) is 28.2 Å². The molecule has 1 aliphatic heterocycles. The number of carbonyl (C=O) groups is 1. The van der Waals surface area contributed by atoms with E-state index in [9.17, 15) is 17.6 Å². The number of aryl methyl sites for hydroxylation is 2. The van der Waals surface area contributed by atoms with E-state index in [1.807, 2.05) is 6.07 Å². The largest absolute Gasteiger partial charge is 0.335 e. The summed E-state index contributed by atoms with van der Waals surface area (Å²) in [5.74, 6) is -0.516. The van der Waals surface area contributed by atoms with Crippen LogP contribution in [0.3, 0.4) is 0 Å². The lowest BCUT2D eigenvalue weighted by molar-refractivity contribution is 0.0703. The molecule has 1 saturated heterocycles. The van der Waals surface area contributed by atoms with Crippen LogP contribution in [0.4, 0.5) is 4.39 Å². The number of thiophene rings is 1. The quantitative estimate of drug-likeness (QED) is 0.619. The molecule has 5 rings (SSSR count). The summed E-state index contributed by atoms with van der Waals surface area (Å²) < 4.78 is 42.3. The Balaban J connectivity index is 1.30. The predicted octanol–water partition coefficient (Wildman–Crippen LogP) is 3.68. The number of hydrogen-bond donors (Lipinski definition) is 0. The van der Waals surface area contributed by atoms with Crippen molar-refractivity contribution < 1.29 is 17.6 Å².